The van der Waals surface area contributed by atoms with Gasteiger partial charge in [-0.3, -0.25) is 4.79 Å². The number of methoxy groups -OCH3 is 1. The number of amides is 1. The molecule has 0 bridgehead atoms. The molecule has 1 heterocycles. The van der Waals surface area contributed by atoms with E-state index in [1.807, 2.05) is 54.6 Å². The molecule has 2 aromatic carbocycles. The van der Waals surface area contributed by atoms with E-state index in [0.29, 0.717) is 23.9 Å². The predicted octanol–water partition coefficient (Wildman–Crippen LogP) is 3.59. The van der Waals surface area contributed by atoms with Crippen molar-refractivity contribution in [2.45, 2.75) is 13.5 Å². The molecule has 1 aromatic heterocycles. The maximum absolute atomic E-state index is 12.3. The molecule has 0 aliphatic rings. The second kappa shape index (κ2) is 7.00. The smallest absolute Gasteiger partial charge is 0.273 e. The Morgan fingerprint density at radius 3 is 2.50 bits per heavy atom. The summed E-state index contributed by atoms with van der Waals surface area (Å²) in [4.78, 5) is 16.7. The van der Waals surface area contributed by atoms with Gasteiger partial charge in [0.1, 0.15) is 11.5 Å². The fourth-order valence-electron chi connectivity index (χ4n) is 2.33. The summed E-state index contributed by atoms with van der Waals surface area (Å²) in [7, 11) is 1.61. The Labute approximate surface area is 140 Å². The van der Waals surface area contributed by atoms with E-state index in [2.05, 4.69) is 10.3 Å². The third-order valence-electron chi connectivity index (χ3n) is 3.64. The fraction of sp³-hybridized carbons (Fsp3) is 0.158. The maximum Gasteiger partial charge on any atom is 0.273 e. The van der Waals surface area contributed by atoms with Gasteiger partial charge in [-0.15, -0.1) is 0 Å². The molecule has 0 atom stereocenters. The normalized spacial score (nSPS) is 10.4. The van der Waals surface area contributed by atoms with E-state index >= 15 is 0 Å². The number of nitrogens with one attached hydrogen (secondary N) is 1. The first-order valence-corrected chi connectivity index (χ1v) is 7.61. The predicted molar refractivity (Wildman–Crippen MR) is 90.8 cm³/mol. The molecule has 0 aliphatic heterocycles. The average Bonchev–Trinajstić information content (AvgIpc) is 3.02. The van der Waals surface area contributed by atoms with E-state index in [1.165, 1.54) is 0 Å². The minimum atomic E-state index is -0.250. The SMILES string of the molecule is COc1ccc(-c2nc(C(=O)NCc3ccccc3)c(C)o2)cc1. The maximum atomic E-state index is 12.3. The van der Waals surface area contributed by atoms with Gasteiger partial charge in [-0.25, -0.2) is 4.98 Å². The Kier molecular flexibility index (Phi) is 4.61. The monoisotopic (exact) mass is 322 g/mol. The van der Waals surface area contributed by atoms with Crippen LogP contribution in [-0.2, 0) is 6.54 Å². The molecule has 3 rings (SSSR count). The Morgan fingerprint density at radius 2 is 1.83 bits per heavy atom. The number of hydrogen-bond acceptors (Lipinski definition) is 4. The molecule has 0 spiro atoms. The van der Waals surface area contributed by atoms with Crippen molar-refractivity contribution in [3.63, 3.8) is 0 Å². The van der Waals surface area contributed by atoms with E-state index in [9.17, 15) is 4.79 Å². The highest BCUT2D eigenvalue weighted by Crippen LogP contribution is 2.24. The zero-order chi connectivity index (χ0) is 16.9. The van der Waals surface area contributed by atoms with Crippen molar-refractivity contribution in [2.24, 2.45) is 0 Å². The lowest BCUT2D eigenvalue weighted by molar-refractivity contribution is 0.0945. The van der Waals surface area contributed by atoms with E-state index in [0.717, 1.165) is 16.9 Å². The van der Waals surface area contributed by atoms with Crippen LogP contribution >= 0.6 is 0 Å². The highest BCUT2D eigenvalue weighted by molar-refractivity contribution is 5.93. The standard InChI is InChI=1S/C19H18N2O3/c1-13-17(18(22)20-12-14-6-4-3-5-7-14)21-19(24-13)15-8-10-16(23-2)11-9-15/h3-11H,12H2,1-2H3,(H,20,22). The van der Waals surface area contributed by atoms with E-state index in [1.54, 1.807) is 14.0 Å². The number of aryl methyl sites for hydroxylation is 1. The molecule has 1 amide bonds. The van der Waals surface area contributed by atoms with Gasteiger partial charge >= 0.3 is 0 Å². The Hall–Kier alpha value is -3.08. The lowest BCUT2D eigenvalue weighted by atomic mass is 10.2. The van der Waals surface area contributed by atoms with Gasteiger partial charge < -0.3 is 14.5 Å². The van der Waals surface area contributed by atoms with Crippen molar-refractivity contribution in [2.75, 3.05) is 7.11 Å². The van der Waals surface area contributed by atoms with E-state index < -0.39 is 0 Å². The van der Waals surface area contributed by atoms with Crippen molar-refractivity contribution in [3.8, 4) is 17.2 Å². The van der Waals surface area contributed by atoms with Gasteiger partial charge in [-0.2, -0.15) is 0 Å². The molecule has 0 aliphatic carbocycles. The molecular weight excluding hydrogens is 304 g/mol. The number of ether oxygens (including phenoxy) is 1. The lowest BCUT2D eigenvalue weighted by Gasteiger charge is -2.03. The van der Waals surface area contributed by atoms with Crippen LogP contribution in [-0.4, -0.2) is 18.0 Å². The van der Waals surface area contributed by atoms with Gasteiger partial charge in [-0.1, -0.05) is 30.3 Å². The van der Waals surface area contributed by atoms with Crippen LogP contribution in [0.2, 0.25) is 0 Å². The van der Waals surface area contributed by atoms with Crippen LogP contribution in [0.5, 0.6) is 5.75 Å². The highest BCUT2D eigenvalue weighted by atomic mass is 16.5. The van der Waals surface area contributed by atoms with Crippen molar-refractivity contribution in [3.05, 3.63) is 71.6 Å². The zero-order valence-corrected chi connectivity index (χ0v) is 13.6. The number of carbonyl (C=O) groups is 1. The lowest BCUT2D eigenvalue weighted by Crippen LogP contribution is -2.23. The van der Waals surface area contributed by atoms with Gasteiger partial charge in [-0.05, 0) is 36.8 Å². The molecule has 0 unspecified atom stereocenters. The molecule has 5 heteroatoms. The number of oxazole rings is 1. The number of nitrogens with zero attached hydrogens (tertiary/aromatic N) is 1. The summed E-state index contributed by atoms with van der Waals surface area (Å²) in [5.41, 5.74) is 2.13. The number of hydrogen-bond donors (Lipinski definition) is 1. The number of benzene rings is 2. The third-order valence-corrected chi connectivity index (χ3v) is 3.64. The number of rotatable bonds is 5. The first-order chi connectivity index (χ1) is 11.7. The molecule has 3 aromatic rings. The van der Waals surface area contributed by atoms with Crippen molar-refractivity contribution in [1.29, 1.82) is 0 Å². The third kappa shape index (κ3) is 3.46. The van der Waals surface area contributed by atoms with Crippen LogP contribution in [0.1, 0.15) is 21.8 Å². The summed E-state index contributed by atoms with van der Waals surface area (Å²) in [5.74, 6) is 1.41. The van der Waals surface area contributed by atoms with E-state index in [4.69, 9.17) is 9.15 Å². The van der Waals surface area contributed by atoms with E-state index in [-0.39, 0.29) is 5.91 Å². The first kappa shape index (κ1) is 15.8. The molecule has 0 radical (unpaired) electrons. The Morgan fingerprint density at radius 1 is 1.12 bits per heavy atom. The van der Waals surface area contributed by atoms with Crippen molar-refractivity contribution < 1.29 is 13.9 Å². The van der Waals surface area contributed by atoms with Gasteiger partial charge in [0.25, 0.3) is 5.91 Å². The van der Waals surface area contributed by atoms with Crippen LogP contribution in [0.15, 0.2) is 59.0 Å². The second-order valence-electron chi connectivity index (χ2n) is 5.32. The van der Waals surface area contributed by atoms with Gasteiger partial charge in [0, 0.05) is 12.1 Å². The molecule has 0 saturated carbocycles. The summed E-state index contributed by atoms with van der Waals surface area (Å²) in [6.07, 6.45) is 0. The summed E-state index contributed by atoms with van der Waals surface area (Å²) < 4.78 is 10.8. The van der Waals surface area contributed by atoms with Crippen molar-refractivity contribution >= 4 is 5.91 Å². The zero-order valence-electron chi connectivity index (χ0n) is 13.6. The molecular formula is C19H18N2O3. The van der Waals surface area contributed by atoms with Crippen LogP contribution in [0.4, 0.5) is 0 Å². The van der Waals surface area contributed by atoms with Crippen LogP contribution < -0.4 is 10.1 Å². The quantitative estimate of drug-likeness (QED) is 0.779. The molecule has 1 N–H and O–H groups in total. The summed E-state index contributed by atoms with van der Waals surface area (Å²) in [6.45, 7) is 2.18. The Balaban J connectivity index is 1.74. The van der Waals surface area contributed by atoms with Gasteiger partial charge in [0.2, 0.25) is 5.89 Å². The molecule has 5 nitrogen and oxygen atoms in total. The minimum Gasteiger partial charge on any atom is -0.497 e. The molecule has 122 valence electrons. The summed E-state index contributed by atoms with van der Waals surface area (Å²) >= 11 is 0. The summed E-state index contributed by atoms with van der Waals surface area (Å²) in [6, 6.07) is 17.1. The molecule has 0 saturated heterocycles. The fourth-order valence-corrected chi connectivity index (χ4v) is 2.33. The molecule has 24 heavy (non-hydrogen) atoms. The van der Waals surface area contributed by atoms with Crippen LogP contribution in [0, 0.1) is 6.92 Å². The first-order valence-electron chi connectivity index (χ1n) is 7.61. The minimum absolute atomic E-state index is 0.250. The highest BCUT2D eigenvalue weighted by Gasteiger charge is 2.17. The van der Waals surface area contributed by atoms with Gasteiger partial charge in [0.05, 0.1) is 7.11 Å². The topological polar surface area (TPSA) is 64.4 Å². The summed E-state index contributed by atoms with van der Waals surface area (Å²) in [5, 5.41) is 2.86. The second-order valence-corrected chi connectivity index (χ2v) is 5.32. The van der Waals surface area contributed by atoms with Crippen LogP contribution in [0.25, 0.3) is 11.5 Å². The molecule has 0 fully saturated rings. The van der Waals surface area contributed by atoms with Gasteiger partial charge in [0.15, 0.2) is 5.69 Å². The number of aromatic nitrogens is 1. The van der Waals surface area contributed by atoms with Crippen LogP contribution in [0.3, 0.4) is 0 Å². The number of carbonyl (C=O) groups excluding carboxylic acids is 1. The van der Waals surface area contributed by atoms with Crippen molar-refractivity contribution in [1.82, 2.24) is 10.3 Å². The largest absolute Gasteiger partial charge is 0.497 e. The Bertz CT molecular complexity index is 824. The average molecular weight is 322 g/mol.